The number of halogens is 1. The summed E-state index contributed by atoms with van der Waals surface area (Å²) in [5, 5.41) is 7.00. The van der Waals surface area contributed by atoms with Crippen LogP contribution in [0.4, 0.5) is 0 Å². The molecule has 0 aromatic carbocycles. The summed E-state index contributed by atoms with van der Waals surface area (Å²) < 4.78 is 0. The fraction of sp³-hybridized carbons (Fsp3) is 0.500. The summed E-state index contributed by atoms with van der Waals surface area (Å²) in [4.78, 5) is 0. The molecule has 0 bridgehead atoms. The molecule has 11 heavy (non-hydrogen) atoms. The minimum absolute atomic E-state index is 0. The van der Waals surface area contributed by atoms with Crippen molar-refractivity contribution in [3.05, 3.63) is 23.3 Å². The smallest absolute Gasteiger partial charge is 1.00 e. The molecule has 62 valence electrons. The molecule has 3 heteroatoms. The van der Waals surface area contributed by atoms with Crippen molar-refractivity contribution >= 4 is 0 Å². The van der Waals surface area contributed by atoms with Crippen molar-refractivity contribution < 1.29 is 43.7 Å². The van der Waals surface area contributed by atoms with E-state index in [0.717, 1.165) is 13.5 Å². The molecule has 1 aliphatic rings. The van der Waals surface area contributed by atoms with Crippen molar-refractivity contribution in [3.63, 3.8) is 0 Å². The Bertz CT molecular complexity index is 141. The average Bonchev–Trinajstić information content (AvgIpc) is 2.20. The maximum atomic E-state index is 7.00. The Morgan fingerprint density at radius 3 is 1.91 bits per heavy atom. The van der Waals surface area contributed by atoms with Gasteiger partial charge in [0.2, 0.25) is 0 Å². The molecule has 0 unspecified atom stereocenters. The first-order chi connectivity index (χ1) is 4.29. The van der Waals surface area contributed by atoms with Gasteiger partial charge in [-0.15, -0.1) is 6.42 Å². The van der Waals surface area contributed by atoms with Gasteiger partial charge in [0.05, 0.1) is 0 Å². The third-order valence-corrected chi connectivity index (χ3v) is 1.11. The van der Waals surface area contributed by atoms with Crippen LogP contribution in [0.1, 0.15) is 20.3 Å². The van der Waals surface area contributed by atoms with Crippen molar-refractivity contribution in [1.82, 2.24) is 0 Å². The van der Waals surface area contributed by atoms with E-state index in [0.29, 0.717) is 0 Å². The van der Waals surface area contributed by atoms with E-state index in [4.69, 9.17) is 5.11 Å². The van der Waals surface area contributed by atoms with E-state index in [9.17, 15) is 0 Å². The van der Waals surface area contributed by atoms with Crippen molar-refractivity contribution in [3.8, 4) is 0 Å². The molecule has 1 rings (SSSR count). The molecule has 0 fully saturated rings. The standard InChI is InChI=1S/C7H9.CH4O.ClH.Zr/c1-6-3-4-7(2)5-6;1-2;;/h5H,3H2,1-2H3;2H,1H3;1H;/q-1;;;+2/p-1. The van der Waals surface area contributed by atoms with Crippen LogP contribution in [0.25, 0.3) is 0 Å². The molecule has 1 aliphatic carbocycles. The van der Waals surface area contributed by atoms with E-state index in [2.05, 4.69) is 26.0 Å². The van der Waals surface area contributed by atoms with E-state index in [1.54, 1.807) is 0 Å². The Labute approximate surface area is 94.1 Å². The van der Waals surface area contributed by atoms with Crippen LogP contribution in [0, 0.1) is 6.08 Å². The summed E-state index contributed by atoms with van der Waals surface area (Å²) in [5.41, 5.74) is 2.72. The largest absolute Gasteiger partial charge is 2.00 e. The summed E-state index contributed by atoms with van der Waals surface area (Å²) in [6.07, 6.45) is 6.41. The van der Waals surface area contributed by atoms with Crippen molar-refractivity contribution in [2.75, 3.05) is 7.11 Å². The first-order valence-corrected chi connectivity index (χ1v) is 2.98. The number of aliphatic hydroxyl groups is 1. The van der Waals surface area contributed by atoms with Gasteiger partial charge in [-0.3, -0.25) is 6.08 Å². The first-order valence-electron chi connectivity index (χ1n) is 2.98. The zero-order chi connectivity index (χ0) is 7.28. The Morgan fingerprint density at radius 1 is 1.36 bits per heavy atom. The normalized spacial score (nSPS) is 12.7. The zero-order valence-electron chi connectivity index (χ0n) is 7.11. The Balaban J connectivity index is -0.000000149. The van der Waals surface area contributed by atoms with Gasteiger partial charge in [-0.1, -0.05) is 13.8 Å². The van der Waals surface area contributed by atoms with Crippen LogP contribution >= 0.6 is 0 Å². The fourth-order valence-electron chi connectivity index (χ4n) is 0.751. The van der Waals surface area contributed by atoms with Gasteiger partial charge in [0, 0.05) is 7.11 Å². The average molecular weight is 252 g/mol. The van der Waals surface area contributed by atoms with Gasteiger partial charge in [0.25, 0.3) is 0 Å². The van der Waals surface area contributed by atoms with Crippen molar-refractivity contribution in [2.45, 2.75) is 20.3 Å². The van der Waals surface area contributed by atoms with E-state index in [1.807, 2.05) is 0 Å². The van der Waals surface area contributed by atoms with E-state index in [-0.39, 0.29) is 38.6 Å². The minimum Gasteiger partial charge on any atom is -1.00 e. The molecule has 0 aromatic rings. The van der Waals surface area contributed by atoms with E-state index >= 15 is 0 Å². The molecule has 0 saturated heterocycles. The Morgan fingerprint density at radius 2 is 1.82 bits per heavy atom. The Hall–Kier alpha value is 0.613. The molecule has 0 spiro atoms. The second kappa shape index (κ2) is 10.6. The topological polar surface area (TPSA) is 20.2 Å². The molecule has 0 heterocycles. The van der Waals surface area contributed by atoms with Crippen molar-refractivity contribution in [2.24, 2.45) is 0 Å². The predicted octanol–water partition coefficient (Wildman–Crippen LogP) is -1.30. The molecule has 0 radical (unpaired) electrons. The molecule has 1 N–H and O–H groups in total. The molecule has 0 saturated carbocycles. The maximum Gasteiger partial charge on any atom is 2.00 e. The third kappa shape index (κ3) is 8.52. The quantitative estimate of drug-likeness (QED) is 0.531. The summed E-state index contributed by atoms with van der Waals surface area (Å²) in [6, 6.07) is 0. The van der Waals surface area contributed by atoms with Crippen LogP contribution in [0.2, 0.25) is 0 Å². The fourth-order valence-corrected chi connectivity index (χ4v) is 0.751. The van der Waals surface area contributed by atoms with Gasteiger partial charge in [0.15, 0.2) is 0 Å². The van der Waals surface area contributed by atoms with Gasteiger partial charge >= 0.3 is 26.2 Å². The van der Waals surface area contributed by atoms with Gasteiger partial charge in [-0.05, 0) is 0 Å². The van der Waals surface area contributed by atoms with E-state index < -0.39 is 0 Å². The van der Waals surface area contributed by atoms with E-state index in [1.165, 1.54) is 11.1 Å². The van der Waals surface area contributed by atoms with Crippen LogP contribution < -0.4 is 12.4 Å². The van der Waals surface area contributed by atoms with Gasteiger partial charge in [-0.25, -0.2) is 11.6 Å². The van der Waals surface area contributed by atoms with Crippen LogP contribution in [-0.2, 0) is 26.2 Å². The van der Waals surface area contributed by atoms with Crippen LogP contribution in [0.5, 0.6) is 0 Å². The summed E-state index contributed by atoms with van der Waals surface area (Å²) >= 11 is 0. The van der Waals surface area contributed by atoms with Gasteiger partial charge in [0.1, 0.15) is 0 Å². The Kier molecular flexibility index (Phi) is 17.0. The molecular weight excluding hydrogens is 239 g/mol. The number of aliphatic hydroxyl groups excluding tert-OH is 1. The number of allylic oxidation sites excluding steroid dienone is 4. The summed E-state index contributed by atoms with van der Waals surface area (Å²) in [7, 11) is 1.00. The SMILES string of the molecule is CC1=[C-]CC(C)=C1.CO.[Cl-].[Zr+2]. The van der Waals surface area contributed by atoms with Gasteiger partial charge in [-0.2, -0.15) is 5.57 Å². The van der Waals surface area contributed by atoms with Gasteiger partial charge < -0.3 is 17.5 Å². The van der Waals surface area contributed by atoms with Crippen molar-refractivity contribution in [1.29, 1.82) is 0 Å². The molecule has 0 aliphatic heterocycles. The molecule has 0 aromatic heterocycles. The summed E-state index contributed by atoms with van der Waals surface area (Å²) in [5.74, 6) is 0. The zero-order valence-corrected chi connectivity index (χ0v) is 10.3. The second-order valence-electron chi connectivity index (χ2n) is 2.03. The van der Waals surface area contributed by atoms with Crippen LogP contribution in [-0.4, -0.2) is 12.2 Å². The predicted molar refractivity (Wildman–Crippen MR) is 38.9 cm³/mol. The molecule has 0 amide bonds. The molecule has 0 atom stereocenters. The summed E-state index contributed by atoms with van der Waals surface area (Å²) in [6.45, 7) is 4.21. The number of hydrogen-bond acceptors (Lipinski definition) is 1. The second-order valence-corrected chi connectivity index (χ2v) is 2.03. The van der Waals surface area contributed by atoms with Crippen LogP contribution in [0.3, 0.4) is 0 Å². The maximum absolute atomic E-state index is 7.00. The number of hydrogen-bond donors (Lipinski definition) is 1. The third-order valence-electron chi connectivity index (χ3n) is 1.11. The molecule has 1 nitrogen and oxygen atoms in total. The monoisotopic (exact) mass is 250 g/mol. The first kappa shape index (κ1) is 17.6. The minimum atomic E-state index is 0. The van der Waals surface area contributed by atoms with Crippen LogP contribution in [0.15, 0.2) is 17.2 Å². The molecular formula is C8H13ClOZr. The number of rotatable bonds is 0.